The molecule has 1 aromatic rings. The number of hydrogen-bond acceptors (Lipinski definition) is 6. The summed E-state index contributed by atoms with van der Waals surface area (Å²) in [6, 6.07) is 2.08. The van der Waals surface area contributed by atoms with Crippen LogP contribution in [0.2, 0.25) is 26.4 Å². The van der Waals surface area contributed by atoms with Crippen molar-refractivity contribution >= 4 is 47.3 Å². The van der Waals surface area contributed by atoms with Crippen molar-refractivity contribution in [3.8, 4) is 0 Å². The number of unbranched alkanes of at least 4 members (excludes halogenated alkanes) is 3. The molecule has 3 unspecified atom stereocenters. The number of aromatic nitrogens is 1. The molecule has 0 aliphatic rings. The van der Waals surface area contributed by atoms with E-state index >= 15 is 0 Å². The minimum absolute atomic E-state index is 0. The summed E-state index contributed by atoms with van der Waals surface area (Å²) in [5.74, 6) is -3.34. The van der Waals surface area contributed by atoms with Crippen molar-refractivity contribution in [1.82, 2.24) is 4.57 Å². The van der Waals surface area contributed by atoms with Crippen LogP contribution in [0.5, 0.6) is 0 Å². The fourth-order valence-corrected chi connectivity index (χ4v) is 6.92. The Labute approximate surface area is 344 Å². The summed E-state index contributed by atoms with van der Waals surface area (Å²) < 4.78 is 2.04. The minimum Gasteiger partial charge on any atom is -1.00 e. The van der Waals surface area contributed by atoms with E-state index in [9.17, 15) is 29.7 Å². The molecule has 0 amide bonds. The Balaban J connectivity index is -0.0000000916. The van der Waals surface area contributed by atoms with Gasteiger partial charge in [-0.25, -0.2) is 0 Å². The number of carboxylic acid groups (broad SMARTS) is 3. The van der Waals surface area contributed by atoms with Gasteiger partial charge < -0.3 is 46.7 Å². The van der Waals surface area contributed by atoms with Crippen molar-refractivity contribution in [3.05, 3.63) is 24.0 Å². The first kappa shape index (κ1) is 65.5. The third kappa shape index (κ3) is 51.7. The van der Waals surface area contributed by atoms with Gasteiger partial charge in [0.25, 0.3) is 14.1 Å². The topological polar surface area (TPSA) is 125 Å². The van der Waals surface area contributed by atoms with Crippen LogP contribution in [-0.4, -0.2) is 51.8 Å². The number of hydrogen-bond donors (Lipinski definition) is 0. The van der Waals surface area contributed by atoms with Crippen molar-refractivity contribution in [1.29, 1.82) is 0 Å². The maximum absolute atomic E-state index is 10.3. The first-order valence-electron chi connectivity index (χ1n) is 19.7. The van der Waals surface area contributed by atoms with Gasteiger partial charge in [0.15, 0.2) is 0 Å². The van der Waals surface area contributed by atoms with Crippen LogP contribution >= 0.6 is 0 Å². The number of nitrogens with zero attached hydrogens (tertiary/aromatic N) is 1. The molecular weight excluding hydrogens is 732 g/mol. The molecule has 0 spiro atoms. The van der Waals surface area contributed by atoms with E-state index in [2.05, 4.69) is 74.6 Å². The predicted octanol–water partition coefficient (Wildman–Crippen LogP) is 5.30. The Kier molecular flexibility index (Phi) is 66.3. The van der Waals surface area contributed by atoms with E-state index in [0.717, 1.165) is 73.0 Å². The van der Waals surface area contributed by atoms with Gasteiger partial charge in [-0.15, -0.1) is 0 Å². The van der Waals surface area contributed by atoms with Crippen molar-refractivity contribution < 1.29 is 59.5 Å². The van der Waals surface area contributed by atoms with Gasteiger partial charge in [0.1, 0.15) is 0 Å². The third-order valence-electron chi connectivity index (χ3n) is 8.49. The molecule has 3 atom stereocenters. The fraction of sp³-hybridized carbons (Fsp3) is 0.825. The summed E-state index contributed by atoms with van der Waals surface area (Å²) in [5.41, 5.74) is 1.32. The largest absolute Gasteiger partial charge is 3.00 e. The second kappa shape index (κ2) is 51.7. The number of aryl methyl sites for hydroxylation is 2. The van der Waals surface area contributed by atoms with Crippen LogP contribution in [-0.2, 0) is 38.8 Å². The number of rotatable bonds is 20. The molecule has 7 nitrogen and oxygen atoms in total. The zero-order valence-electron chi connectivity index (χ0n) is 35.3. The molecule has 1 radical (unpaired) electrons. The summed E-state index contributed by atoms with van der Waals surface area (Å²) in [5, 5.41) is 38.3. The summed E-state index contributed by atoms with van der Waals surface area (Å²) >= 11 is 0.644. The molecule has 0 aliphatic carbocycles. The third-order valence-corrected chi connectivity index (χ3v) is 13.1. The van der Waals surface area contributed by atoms with E-state index in [1.165, 1.54) is 32.0 Å². The Bertz CT molecular complexity index is 758. The number of carbonyl (C=O) groups excluding carboxylic acids is 3. The molecule has 1 rings (SSSR count). The summed E-state index contributed by atoms with van der Waals surface area (Å²) in [6.07, 6.45) is 14.7. The quantitative estimate of drug-likeness (QED) is 0.165. The van der Waals surface area contributed by atoms with Gasteiger partial charge in [0.2, 0.25) is 0 Å². The first-order chi connectivity index (χ1) is 23.2. The summed E-state index contributed by atoms with van der Waals surface area (Å²) in [4.78, 5) is 31.0. The van der Waals surface area contributed by atoms with Crippen molar-refractivity contribution in [2.75, 3.05) is 0 Å². The molecule has 0 N–H and O–H groups in total. The zero-order chi connectivity index (χ0) is 39.0. The van der Waals surface area contributed by atoms with Crippen LogP contribution in [0, 0.1) is 24.7 Å². The molecule has 299 valence electrons. The summed E-state index contributed by atoms with van der Waals surface area (Å²) in [6.45, 7) is 25.4. The van der Waals surface area contributed by atoms with Crippen LogP contribution in [0.3, 0.4) is 0 Å². The number of aliphatic carboxylic acids is 3. The van der Waals surface area contributed by atoms with Crippen molar-refractivity contribution in [2.24, 2.45) is 24.8 Å². The molecular formula is C40H79Al2ClCrNO6. The van der Waals surface area contributed by atoms with Gasteiger partial charge in [0, 0.05) is 37.3 Å². The number of carbonyl (C=O) groups is 3. The van der Waals surface area contributed by atoms with Crippen LogP contribution in [0.25, 0.3) is 0 Å². The Morgan fingerprint density at radius 3 is 1.02 bits per heavy atom. The van der Waals surface area contributed by atoms with Crippen LogP contribution in [0.1, 0.15) is 159 Å². The van der Waals surface area contributed by atoms with Gasteiger partial charge in [-0.1, -0.05) is 117 Å². The van der Waals surface area contributed by atoms with E-state index in [0.29, 0.717) is 19.3 Å². The van der Waals surface area contributed by atoms with E-state index in [-0.39, 0.29) is 61.7 Å². The second-order valence-corrected chi connectivity index (χ2v) is 19.1. The van der Waals surface area contributed by atoms with E-state index < -0.39 is 17.9 Å². The predicted molar refractivity (Wildman–Crippen MR) is 209 cm³/mol. The fourth-order valence-electron chi connectivity index (χ4n) is 4.61. The maximum Gasteiger partial charge on any atom is 3.00 e. The molecule has 11 heteroatoms. The number of carboxylic acids is 3. The number of halogens is 1. The normalized spacial score (nSPS) is 10.8. The van der Waals surface area contributed by atoms with Crippen LogP contribution < -0.4 is 27.7 Å². The molecule has 1 heterocycles. The molecule has 0 aromatic carbocycles. The van der Waals surface area contributed by atoms with Gasteiger partial charge in [-0.2, -0.15) is 0 Å². The smallest absolute Gasteiger partial charge is 1.00 e. The molecule has 0 saturated heterocycles. The SMILES string of the molecule is CCCCC(CC)C(=O)[O-].CCCCC(CC)C(=O)[O-].CCCCC(CC)C(=O)[O-].C[CH2][Al+][CH2]C.C[CH2][Al]([CH2]C)[CH2]C.Cc1ccn(C)c1.[Cl-].[Cr+3]. The Hall–Kier alpha value is -0.423. The Morgan fingerprint density at radius 1 is 0.647 bits per heavy atom. The van der Waals surface area contributed by atoms with Gasteiger partial charge in [-0.05, 0) is 74.8 Å². The molecule has 0 aliphatic heterocycles. The molecule has 0 fully saturated rings. The van der Waals surface area contributed by atoms with Gasteiger partial charge in [-0.3, -0.25) is 0 Å². The maximum atomic E-state index is 10.3. The van der Waals surface area contributed by atoms with E-state index in [1.807, 2.05) is 38.6 Å². The monoisotopic (exact) mass is 810 g/mol. The van der Waals surface area contributed by atoms with Crippen molar-refractivity contribution in [2.45, 2.75) is 187 Å². The molecule has 0 bridgehead atoms. The first-order valence-corrected chi connectivity index (χ1v) is 23.8. The van der Waals surface area contributed by atoms with E-state index in [1.54, 1.807) is 0 Å². The average molecular weight is 811 g/mol. The second-order valence-electron chi connectivity index (χ2n) is 12.7. The minimum atomic E-state index is -0.893. The van der Waals surface area contributed by atoms with Gasteiger partial charge in [0.05, 0.1) is 0 Å². The Morgan fingerprint density at radius 2 is 0.941 bits per heavy atom. The van der Waals surface area contributed by atoms with Crippen LogP contribution in [0.15, 0.2) is 18.5 Å². The molecule has 1 aromatic heterocycles. The van der Waals surface area contributed by atoms with Gasteiger partial charge >= 0.3 is 57.0 Å². The van der Waals surface area contributed by atoms with Crippen LogP contribution in [0.4, 0.5) is 0 Å². The van der Waals surface area contributed by atoms with E-state index in [4.69, 9.17) is 0 Å². The average Bonchev–Trinajstić information content (AvgIpc) is 3.46. The summed E-state index contributed by atoms with van der Waals surface area (Å²) in [7, 11) is 2.02. The molecule has 51 heavy (non-hydrogen) atoms. The molecule has 0 saturated carbocycles. The van der Waals surface area contributed by atoms with Crippen molar-refractivity contribution in [3.63, 3.8) is 0 Å². The standard InChI is InChI=1S/3C8H16O2.C6H9N.5C2H5.2Al.ClH.Cr/c3*1-3-5-6-7(4-2)8(9)10;1-6-3-4-7(2)5-6;5*1-2;;;;/h3*7H,3-6H2,1-2H3,(H,9,10);3-5H,1-2H3;5*1H2,2H3;;;1H;/q;;;;;;;;;;+1;;+3/p-4. The zero-order valence-corrected chi connectivity index (χ0v) is 39.7.